The minimum absolute atomic E-state index is 0.120. The highest BCUT2D eigenvalue weighted by Gasteiger charge is 2.28. The van der Waals surface area contributed by atoms with Gasteiger partial charge in [-0.25, -0.2) is 8.42 Å². The number of nitrogens with two attached hydrogens (primary N) is 1. The van der Waals surface area contributed by atoms with E-state index in [1.807, 2.05) is 0 Å². The van der Waals surface area contributed by atoms with Gasteiger partial charge in [-0.3, -0.25) is 4.79 Å². The van der Waals surface area contributed by atoms with Crippen LogP contribution in [0.25, 0.3) is 0 Å². The Hall–Kier alpha value is -1.40. The zero-order valence-corrected chi connectivity index (χ0v) is 13.3. The quantitative estimate of drug-likeness (QED) is 0.908. The van der Waals surface area contributed by atoms with E-state index in [9.17, 15) is 13.2 Å². The maximum Gasteiger partial charge on any atom is 0.253 e. The van der Waals surface area contributed by atoms with E-state index in [0.717, 1.165) is 12.7 Å². The van der Waals surface area contributed by atoms with Crippen molar-refractivity contribution in [2.45, 2.75) is 18.2 Å². The van der Waals surface area contributed by atoms with Crippen LogP contribution in [0.1, 0.15) is 23.7 Å². The van der Waals surface area contributed by atoms with Crippen molar-refractivity contribution in [3.05, 3.63) is 29.8 Å². The van der Waals surface area contributed by atoms with Crippen LogP contribution in [-0.4, -0.2) is 45.1 Å². The van der Waals surface area contributed by atoms with E-state index in [1.165, 1.54) is 12.1 Å². The molecule has 0 aromatic heterocycles. The van der Waals surface area contributed by atoms with Gasteiger partial charge in [0.2, 0.25) is 0 Å². The first-order chi connectivity index (χ1) is 9.82. The van der Waals surface area contributed by atoms with Gasteiger partial charge in [0.05, 0.1) is 4.90 Å². The normalized spacial score (nSPS) is 23.1. The SMILES string of the molecule is CC1CCN(C(=O)c2cccc(S(C)(=O)=O)c2)CC1CN. The lowest BCUT2D eigenvalue weighted by Gasteiger charge is -2.36. The Kier molecular flexibility index (Phi) is 4.68. The molecule has 1 amide bonds. The predicted molar refractivity (Wildman–Crippen MR) is 81.8 cm³/mol. The molecular weight excluding hydrogens is 288 g/mol. The summed E-state index contributed by atoms with van der Waals surface area (Å²) in [6.45, 7) is 4.05. The van der Waals surface area contributed by atoms with Crippen LogP contribution >= 0.6 is 0 Å². The van der Waals surface area contributed by atoms with Gasteiger partial charge in [-0.05, 0) is 43.0 Å². The van der Waals surface area contributed by atoms with Crippen LogP contribution in [0.2, 0.25) is 0 Å². The summed E-state index contributed by atoms with van der Waals surface area (Å²) < 4.78 is 23.2. The fourth-order valence-corrected chi connectivity index (χ4v) is 3.35. The number of carbonyl (C=O) groups excluding carboxylic acids is 1. The average molecular weight is 310 g/mol. The molecule has 1 aliphatic rings. The van der Waals surface area contributed by atoms with Crippen LogP contribution in [0.3, 0.4) is 0 Å². The molecule has 2 atom stereocenters. The molecule has 2 N–H and O–H groups in total. The van der Waals surface area contributed by atoms with Crippen LogP contribution in [0.5, 0.6) is 0 Å². The van der Waals surface area contributed by atoms with Gasteiger partial charge in [0.1, 0.15) is 0 Å². The largest absolute Gasteiger partial charge is 0.338 e. The van der Waals surface area contributed by atoms with E-state index >= 15 is 0 Å². The second-order valence-electron chi connectivity index (χ2n) is 5.81. The highest BCUT2D eigenvalue weighted by Crippen LogP contribution is 2.24. The van der Waals surface area contributed by atoms with Crippen LogP contribution in [0, 0.1) is 11.8 Å². The Bertz CT molecular complexity index is 628. The number of hydrogen-bond acceptors (Lipinski definition) is 4. The smallest absolute Gasteiger partial charge is 0.253 e. The minimum Gasteiger partial charge on any atom is -0.338 e. The molecule has 0 radical (unpaired) electrons. The molecule has 2 unspecified atom stereocenters. The third-order valence-electron chi connectivity index (χ3n) is 4.21. The lowest BCUT2D eigenvalue weighted by atomic mass is 9.87. The number of benzene rings is 1. The number of likely N-dealkylation sites (tertiary alicyclic amines) is 1. The van der Waals surface area contributed by atoms with E-state index in [2.05, 4.69) is 6.92 Å². The molecule has 6 heteroatoms. The van der Waals surface area contributed by atoms with Crippen molar-refractivity contribution in [1.29, 1.82) is 0 Å². The van der Waals surface area contributed by atoms with Gasteiger partial charge >= 0.3 is 0 Å². The number of nitrogens with zero attached hydrogens (tertiary/aromatic N) is 1. The van der Waals surface area contributed by atoms with E-state index in [-0.39, 0.29) is 10.8 Å². The molecule has 0 spiro atoms. The van der Waals surface area contributed by atoms with Gasteiger partial charge in [0, 0.05) is 24.9 Å². The monoisotopic (exact) mass is 310 g/mol. The fourth-order valence-electron chi connectivity index (χ4n) is 2.68. The van der Waals surface area contributed by atoms with Crippen LogP contribution < -0.4 is 5.73 Å². The van der Waals surface area contributed by atoms with Crippen LogP contribution in [0.4, 0.5) is 0 Å². The standard InChI is InChI=1S/C15H22N2O3S/c1-11-6-7-17(10-13(11)9-16)15(18)12-4-3-5-14(8-12)21(2,19)20/h3-5,8,11,13H,6-7,9-10,16H2,1-2H3. The molecule has 0 saturated carbocycles. The maximum atomic E-state index is 12.5. The Morgan fingerprint density at radius 1 is 1.43 bits per heavy atom. The summed E-state index contributed by atoms with van der Waals surface area (Å²) in [5.41, 5.74) is 6.18. The molecule has 1 aromatic carbocycles. The molecule has 0 aliphatic carbocycles. The average Bonchev–Trinajstić information content (AvgIpc) is 2.46. The first kappa shape index (κ1) is 16.0. The zero-order chi connectivity index (χ0) is 15.6. The molecule has 0 bridgehead atoms. The lowest BCUT2D eigenvalue weighted by molar-refractivity contribution is 0.0618. The molecule has 1 fully saturated rings. The van der Waals surface area contributed by atoms with Gasteiger partial charge in [-0.15, -0.1) is 0 Å². The van der Waals surface area contributed by atoms with Crippen molar-refractivity contribution < 1.29 is 13.2 Å². The first-order valence-corrected chi connectivity index (χ1v) is 9.01. The van der Waals surface area contributed by atoms with Gasteiger partial charge in [-0.2, -0.15) is 0 Å². The second-order valence-corrected chi connectivity index (χ2v) is 7.83. The maximum absolute atomic E-state index is 12.5. The third-order valence-corrected chi connectivity index (χ3v) is 5.32. The van der Waals surface area contributed by atoms with Gasteiger partial charge in [0.15, 0.2) is 9.84 Å². The van der Waals surface area contributed by atoms with Crippen molar-refractivity contribution in [1.82, 2.24) is 4.90 Å². The lowest BCUT2D eigenvalue weighted by Crippen LogP contribution is -2.45. The van der Waals surface area contributed by atoms with Gasteiger partial charge < -0.3 is 10.6 Å². The molecule has 21 heavy (non-hydrogen) atoms. The Labute approximate surface area is 126 Å². The van der Waals surface area contributed by atoms with E-state index < -0.39 is 9.84 Å². The second kappa shape index (κ2) is 6.15. The van der Waals surface area contributed by atoms with Gasteiger partial charge in [-0.1, -0.05) is 13.0 Å². The van der Waals surface area contributed by atoms with Crippen LogP contribution in [-0.2, 0) is 9.84 Å². The van der Waals surface area contributed by atoms with E-state index in [0.29, 0.717) is 37.0 Å². The summed E-state index contributed by atoms with van der Waals surface area (Å²) >= 11 is 0. The summed E-state index contributed by atoms with van der Waals surface area (Å²) in [5.74, 6) is 0.702. The molecule has 1 aliphatic heterocycles. The summed E-state index contributed by atoms with van der Waals surface area (Å²) in [7, 11) is -3.30. The Balaban J connectivity index is 2.21. The van der Waals surface area contributed by atoms with Crippen molar-refractivity contribution in [2.24, 2.45) is 17.6 Å². The van der Waals surface area contributed by atoms with Gasteiger partial charge in [0.25, 0.3) is 5.91 Å². The summed E-state index contributed by atoms with van der Waals surface area (Å²) in [4.78, 5) is 14.5. The highest BCUT2D eigenvalue weighted by molar-refractivity contribution is 7.90. The van der Waals surface area contributed by atoms with E-state index in [4.69, 9.17) is 5.73 Å². The highest BCUT2D eigenvalue weighted by atomic mass is 32.2. The number of carbonyl (C=O) groups is 1. The number of hydrogen-bond donors (Lipinski definition) is 1. The number of sulfone groups is 1. The summed E-state index contributed by atoms with van der Waals surface area (Å²) in [6.07, 6.45) is 2.07. The zero-order valence-electron chi connectivity index (χ0n) is 12.5. The Morgan fingerprint density at radius 3 is 2.76 bits per heavy atom. The molecule has 1 aromatic rings. The van der Waals surface area contributed by atoms with Crippen molar-refractivity contribution in [3.63, 3.8) is 0 Å². The van der Waals surface area contributed by atoms with Crippen molar-refractivity contribution in [3.8, 4) is 0 Å². The first-order valence-electron chi connectivity index (χ1n) is 7.12. The molecule has 5 nitrogen and oxygen atoms in total. The number of piperidine rings is 1. The number of amides is 1. The molecule has 1 saturated heterocycles. The predicted octanol–water partition coefficient (Wildman–Crippen LogP) is 1.15. The summed E-state index contributed by atoms with van der Waals surface area (Å²) in [6, 6.07) is 6.23. The topological polar surface area (TPSA) is 80.5 Å². The molecule has 1 heterocycles. The van der Waals surface area contributed by atoms with E-state index in [1.54, 1.807) is 17.0 Å². The third kappa shape index (κ3) is 3.63. The fraction of sp³-hybridized carbons (Fsp3) is 0.533. The molecular formula is C15H22N2O3S. The van der Waals surface area contributed by atoms with Crippen molar-refractivity contribution >= 4 is 15.7 Å². The summed E-state index contributed by atoms with van der Waals surface area (Å²) in [5, 5.41) is 0. The number of rotatable bonds is 3. The molecule has 116 valence electrons. The minimum atomic E-state index is -3.30. The molecule has 2 rings (SSSR count). The van der Waals surface area contributed by atoms with Crippen molar-refractivity contribution in [2.75, 3.05) is 25.9 Å². The van der Waals surface area contributed by atoms with Crippen LogP contribution in [0.15, 0.2) is 29.2 Å². The Morgan fingerprint density at radius 2 is 2.14 bits per heavy atom.